The Morgan fingerprint density at radius 3 is 2.48 bits per heavy atom. The molecule has 9 heteroatoms. The number of alkyl carbamates (subject to hydrolysis) is 2. The van der Waals surface area contributed by atoms with Gasteiger partial charge in [0.1, 0.15) is 12.2 Å². The van der Waals surface area contributed by atoms with Crippen molar-refractivity contribution in [3.63, 3.8) is 0 Å². The van der Waals surface area contributed by atoms with Gasteiger partial charge in [-0.05, 0) is 45.6 Å². The van der Waals surface area contributed by atoms with E-state index in [9.17, 15) is 9.59 Å². The van der Waals surface area contributed by atoms with Crippen molar-refractivity contribution in [2.24, 2.45) is 0 Å². The summed E-state index contributed by atoms with van der Waals surface area (Å²) >= 11 is 0. The van der Waals surface area contributed by atoms with E-state index in [2.05, 4.69) is 20.8 Å². The fraction of sp³-hybridized carbons (Fsp3) is 0.583. The number of ether oxygens (including phenoxy) is 2. The number of benzene rings is 1. The molecule has 2 amide bonds. The fourth-order valence-corrected chi connectivity index (χ4v) is 3.77. The van der Waals surface area contributed by atoms with Crippen LogP contribution in [0.1, 0.15) is 83.0 Å². The molecule has 9 nitrogen and oxygen atoms in total. The molecular weight excluding hydrogens is 424 g/mol. The number of rotatable bonds is 6. The second-order valence-corrected chi connectivity index (χ2v) is 9.72. The summed E-state index contributed by atoms with van der Waals surface area (Å²) < 4.78 is 16.3. The number of carbonyl (C=O) groups is 2. The first-order chi connectivity index (χ1) is 15.6. The van der Waals surface area contributed by atoms with Gasteiger partial charge < -0.3 is 24.6 Å². The van der Waals surface area contributed by atoms with Crippen molar-refractivity contribution in [2.45, 2.75) is 90.0 Å². The molecule has 1 heterocycles. The molecule has 0 aliphatic heterocycles. The SMILES string of the molecule is CC(C)c1noc([C@@H]2C[C@H](NC(=O)OC(C)(C)C)CC[C@@H]2NC(=O)OCc2ccccc2)n1. The molecule has 1 saturated carbocycles. The highest BCUT2D eigenvalue weighted by Gasteiger charge is 2.37. The first kappa shape index (κ1) is 24.5. The van der Waals surface area contributed by atoms with Crippen molar-refractivity contribution >= 4 is 12.2 Å². The average Bonchev–Trinajstić information content (AvgIpc) is 3.23. The molecule has 0 unspecified atom stereocenters. The molecule has 0 spiro atoms. The predicted molar refractivity (Wildman–Crippen MR) is 122 cm³/mol. The zero-order chi connectivity index (χ0) is 24.0. The lowest BCUT2D eigenvalue weighted by atomic mass is 9.81. The molecule has 1 aromatic carbocycles. The summed E-state index contributed by atoms with van der Waals surface area (Å²) in [5.74, 6) is 0.910. The van der Waals surface area contributed by atoms with E-state index in [4.69, 9.17) is 14.0 Å². The number of nitrogens with one attached hydrogen (secondary N) is 2. The minimum absolute atomic E-state index is 0.115. The van der Waals surface area contributed by atoms with Gasteiger partial charge in [0.05, 0.1) is 5.92 Å². The van der Waals surface area contributed by atoms with E-state index in [0.717, 1.165) is 5.56 Å². The summed E-state index contributed by atoms with van der Waals surface area (Å²) in [4.78, 5) is 29.3. The molecule has 33 heavy (non-hydrogen) atoms. The highest BCUT2D eigenvalue weighted by molar-refractivity contribution is 5.68. The molecule has 1 aromatic heterocycles. The largest absolute Gasteiger partial charge is 0.445 e. The van der Waals surface area contributed by atoms with Crippen LogP contribution < -0.4 is 10.6 Å². The summed E-state index contributed by atoms with van der Waals surface area (Å²) in [5.41, 5.74) is 0.330. The number of nitrogens with zero attached hydrogens (tertiary/aromatic N) is 2. The molecule has 0 bridgehead atoms. The first-order valence-electron chi connectivity index (χ1n) is 11.4. The van der Waals surface area contributed by atoms with Crippen molar-refractivity contribution in [3.05, 3.63) is 47.6 Å². The lowest BCUT2D eigenvalue weighted by Crippen LogP contribution is -2.48. The molecule has 1 fully saturated rings. The van der Waals surface area contributed by atoms with Crippen molar-refractivity contribution in [1.82, 2.24) is 20.8 Å². The van der Waals surface area contributed by atoms with Crippen LogP contribution in [0.2, 0.25) is 0 Å². The molecule has 2 aromatic rings. The van der Waals surface area contributed by atoms with Crippen LogP contribution in [0.3, 0.4) is 0 Å². The summed E-state index contributed by atoms with van der Waals surface area (Å²) in [6.07, 6.45) is 0.849. The minimum atomic E-state index is -0.580. The predicted octanol–water partition coefficient (Wildman–Crippen LogP) is 4.65. The third-order valence-electron chi connectivity index (χ3n) is 5.38. The average molecular weight is 459 g/mol. The number of aromatic nitrogens is 2. The molecule has 3 atom stereocenters. The van der Waals surface area contributed by atoms with Crippen LogP contribution in [0.25, 0.3) is 0 Å². The second-order valence-electron chi connectivity index (χ2n) is 9.72. The van der Waals surface area contributed by atoms with Gasteiger partial charge in [-0.3, -0.25) is 0 Å². The van der Waals surface area contributed by atoms with Crippen LogP contribution in [-0.4, -0.2) is 40.0 Å². The van der Waals surface area contributed by atoms with Gasteiger partial charge in [0.2, 0.25) is 5.89 Å². The van der Waals surface area contributed by atoms with Crippen LogP contribution in [0, 0.1) is 0 Å². The standard InChI is InChI=1S/C24H34N4O5/c1-15(2)20-27-21(33-28-20)18-13-17(25-23(30)32-24(3,4)5)11-12-19(18)26-22(29)31-14-16-9-7-6-8-10-16/h6-10,15,17-19H,11-14H2,1-5H3,(H,25,30)(H,26,29)/t17-,18-,19+/m1/s1. The maximum atomic E-state index is 12.5. The molecule has 180 valence electrons. The molecule has 1 aliphatic rings. The topological polar surface area (TPSA) is 116 Å². The Morgan fingerprint density at radius 1 is 1.12 bits per heavy atom. The Balaban J connectivity index is 1.66. The van der Waals surface area contributed by atoms with E-state index < -0.39 is 17.8 Å². The van der Waals surface area contributed by atoms with Gasteiger partial charge in [-0.15, -0.1) is 0 Å². The van der Waals surface area contributed by atoms with Crippen LogP contribution in [-0.2, 0) is 16.1 Å². The molecule has 1 aliphatic carbocycles. The maximum Gasteiger partial charge on any atom is 0.407 e. The molecular formula is C24H34N4O5. The Morgan fingerprint density at radius 2 is 1.85 bits per heavy atom. The van der Waals surface area contributed by atoms with E-state index >= 15 is 0 Å². The third kappa shape index (κ3) is 7.47. The molecule has 0 radical (unpaired) electrons. The zero-order valence-electron chi connectivity index (χ0n) is 20.0. The quantitative estimate of drug-likeness (QED) is 0.647. The van der Waals surface area contributed by atoms with E-state index in [0.29, 0.717) is 31.0 Å². The Hall–Kier alpha value is -3.10. The minimum Gasteiger partial charge on any atom is -0.445 e. The Bertz CT molecular complexity index is 922. The lowest BCUT2D eigenvalue weighted by Gasteiger charge is -2.35. The van der Waals surface area contributed by atoms with Gasteiger partial charge in [-0.2, -0.15) is 4.98 Å². The molecule has 0 saturated heterocycles. The second kappa shape index (κ2) is 10.7. The molecule has 2 N–H and O–H groups in total. The number of hydrogen-bond acceptors (Lipinski definition) is 7. The lowest BCUT2D eigenvalue weighted by molar-refractivity contribution is 0.0480. The first-order valence-corrected chi connectivity index (χ1v) is 11.4. The van der Waals surface area contributed by atoms with E-state index in [1.54, 1.807) is 0 Å². The van der Waals surface area contributed by atoms with Gasteiger partial charge in [0.25, 0.3) is 0 Å². The highest BCUT2D eigenvalue weighted by Crippen LogP contribution is 2.33. The fourth-order valence-electron chi connectivity index (χ4n) is 3.77. The number of amides is 2. The Labute approximate surface area is 194 Å². The molecule has 3 rings (SSSR count). The normalized spacial score (nSPS) is 20.8. The van der Waals surface area contributed by atoms with Crippen molar-refractivity contribution in [1.29, 1.82) is 0 Å². The van der Waals surface area contributed by atoms with Crippen LogP contribution in [0.5, 0.6) is 0 Å². The van der Waals surface area contributed by atoms with Gasteiger partial charge >= 0.3 is 12.2 Å². The highest BCUT2D eigenvalue weighted by atomic mass is 16.6. The van der Waals surface area contributed by atoms with Crippen LogP contribution in [0.4, 0.5) is 9.59 Å². The van der Waals surface area contributed by atoms with Gasteiger partial charge in [-0.1, -0.05) is 49.3 Å². The summed E-state index contributed by atoms with van der Waals surface area (Å²) in [6, 6.07) is 9.10. The van der Waals surface area contributed by atoms with Gasteiger partial charge in [0, 0.05) is 18.0 Å². The van der Waals surface area contributed by atoms with Crippen LogP contribution >= 0.6 is 0 Å². The number of hydrogen-bond donors (Lipinski definition) is 2. The van der Waals surface area contributed by atoms with Crippen molar-refractivity contribution < 1.29 is 23.6 Å². The smallest absolute Gasteiger partial charge is 0.407 e. The van der Waals surface area contributed by atoms with Gasteiger partial charge in [-0.25, -0.2) is 9.59 Å². The Kier molecular flexibility index (Phi) is 7.94. The van der Waals surface area contributed by atoms with Crippen molar-refractivity contribution in [3.8, 4) is 0 Å². The maximum absolute atomic E-state index is 12.5. The van der Waals surface area contributed by atoms with E-state index in [1.807, 2.05) is 65.0 Å². The summed E-state index contributed by atoms with van der Waals surface area (Å²) in [5, 5.41) is 9.96. The van der Waals surface area contributed by atoms with Crippen LogP contribution in [0.15, 0.2) is 34.9 Å². The van der Waals surface area contributed by atoms with E-state index in [1.165, 1.54) is 0 Å². The third-order valence-corrected chi connectivity index (χ3v) is 5.38. The van der Waals surface area contributed by atoms with E-state index in [-0.39, 0.29) is 30.5 Å². The summed E-state index contributed by atoms with van der Waals surface area (Å²) in [6.45, 7) is 9.62. The monoisotopic (exact) mass is 458 g/mol. The van der Waals surface area contributed by atoms with Gasteiger partial charge in [0.15, 0.2) is 5.82 Å². The summed E-state index contributed by atoms with van der Waals surface area (Å²) in [7, 11) is 0. The zero-order valence-corrected chi connectivity index (χ0v) is 20.0. The number of carbonyl (C=O) groups excluding carboxylic acids is 2. The van der Waals surface area contributed by atoms with Crippen molar-refractivity contribution in [2.75, 3.05) is 0 Å².